The number of amides is 1. The molecule has 1 amide bonds. The number of unbranched alkanes of at least 4 members (excludes halogenated alkanes) is 2. The van der Waals surface area contributed by atoms with Crippen molar-refractivity contribution in [1.29, 1.82) is 0 Å². The number of methoxy groups -OCH3 is 1. The third-order valence-electron chi connectivity index (χ3n) is 6.83. The Hall–Kier alpha value is -3.41. The zero-order valence-electron chi connectivity index (χ0n) is 21.0. The van der Waals surface area contributed by atoms with E-state index in [2.05, 4.69) is 32.2 Å². The average molecular weight is 475 g/mol. The Morgan fingerprint density at radius 3 is 2.49 bits per heavy atom. The highest BCUT2D eigenvalue weighted by atomic mass is 16.5. The minimum absolute atomic E-state index is 0.00590. The van der Waals surface area contributed by atoms with Crippen LogP contribution < -0.4 is 10.2 Å². The maximum atomic E-state index is 13.8. The van der Waals surface area contributed by atoms with Crippen molar-refractivity contribution in [3.05, 3.63) is 71.4 Å². The van der Waals surface area contributed by atoms with Crippen LogP contribution in [0.1, 0.15) is 74.8 Å². The summed E-state index contributed by atoms with van der Waals surface area (Å²) in [4.78, 5) is 41.3. The van der Waals surface area contributed by atoms with Gasteiger partial charge in [-0.1, -0.05) is 64.0 Å². The number of anilines is 2. The van der Waals surface area contributed by atoms with Gasteiger partial charge in [-0.15, -0.1) is 0 Å². The van der Waals surface area contributed by atoms with Crippen LogP contribution in [0.15, 0.2) is 60.3 Å². The minimum Gasteiger partial charge on any atom is -0.465 e. The first-order chi connectivity index (χ1) is 16.8. The molecular weight excluding hydrogens is 440 g/mol. The first-order valence-electron chi connectivity index (χ1n) is 12.4. The molecule has 184 valence electrons. The molecule has 2 atom stereocenters. The van der Waals surface area contributed by atoms with Gasteiger partial charge >= 0.3 is 5.97 Å². The lowest BCUT2D eigenvalue weighted by Gasteiger charge is -2.39. The van der Waals surface area contributed by atoms with Crippen molar-refractivity contribution < 1.29 is 19.1 Å². The highest BCUT2D eigenvalue weighted by Crippen LogP contribution is 2.48. The van der Waals surface area contributed by atoms with E-state index in [9.17, 15) is 14.4 Å². The molecule has 1 N–H and O–H groups in total. The predicted octanol–water partition coefficient (Wildman–Crippen LogP) is 6.05. The maximum Gasteiger partial charge on any atom is 0.337 e. The lowest BCUT2D eigenvalue weighted by molar-refractivity contribution is -0.125. The molecule has 0 fully saturated rings. The topological polar surface area (TPSA) is 75.7 Å². The molecule has 2 aromatic rings. The highest BCUT2D eigenvalue weighted by Gasteiger charge is 2.46. The molecule has 4 rings (SSSR count). The molecular formula is C29H34N2O4. The van der Waals surface area contributed by atoms with E-state index in [0.29, 0.717) is 18.4 Å². The van der Waals surface area contributed by atoms with Crippen LogP contribution in [-0.2, 0) is 14.3 Å². The number of esters is 1. The molecule has 1 aliphatic carbocycles. The van der Waals surface area contributed by atoms with Crippen LogP contribution in [0.2, 0.25) is 0 Å². The van der Waals surface area contributed by atoms with E-state index in [-0.39, 0.29) is 17.1 Å². The fourth-order valence-electron chi connectivity index (χ4n) is 5.21. The Kier molecular flexibility index (Phi) is 7.10. The summed E-state index contributed by atoms with van der Waals surface area (Å²) in [6, 6.07) is 14.3. The Balaban J connectivity index is 1.89. The number of para-hydroxylation sites is 2. The van der Waals surface area contributed by atoms with Gasteiger partial charge in [0.05, 0.1) is 36.0 Å². The third kappa shape index (κ3) is 5.02. The summed E-state index contributed by atoms with van der Waals surface area (Å²) in [5, 5.41) is 3.51. The van der Waals surface area contributed by atoms with E-state index in [0.717, 1.165) is 41.9 Å². The summed E-state index contributed by atoms with van der Waals surface area (Å²) < 4.78 is 4.85. The number of carbonyl (C=O) groups is 3. The van der Waals surface area contributed by atoms with Crippen molar-refractivity contribution in [1.82, 2.24) is 0 Å². The van der Waals surface area contributed by atoms with E-state index in [1.165, 1.54) is 7.11 Å². The van der Waals surface area contributed by atoms with Crippen LogP contribution in [0.4, 0.5) is 11.4 Å². The van der Waals surface area contributed by atoms with Crippen LogP contribution in [0.25, 0.3) is 0 Å². The van der Waals surface area contributed by atoms with Crippen molar-refractivity contribution >= 4 is 29.0 Å². The molecule has 1 heterocycles. The van der Waals surface area contributed by atoms with Crippen LogP contribution in [0, 0.1) is 11.3 Å². The smallest absolute Gasteiger partial charge is 0.337 e. The second-order valence-corrected chi connectivity index (χ2v) is 10.1. The zero-order valence-corrected chi connectivity index (χ0v) is 21.0. The van der Waals surface area contributed by atoms with Crippen LogP contribution >= 0.6 is 0 Å². The minimum atomic E-state index is -0.533. The van der Waals surface area contributed by atoms with E-state index >= 15 is 0 Å². The SMILES string of the molecule is CCCCCC(=O)N1c2ccccc2NC2=CC(C)(C)CC(=O)[C@H]2[C@H]1c1ccc(C(=O)OC)cc1. The number of rotatable bonds is 6. The number of ether oxygens (including phenoxy) is 1. The van der Waals surface area contributed by atoms with Gasteiger partial charge in [-0.3, -0.25) is 9.59 Å². The van der Waals surface area contributed by atoms with E-state index in [1.54, 1.807) is 12.1 Å². The van der Waals surface area contributed by atoms with Gasteiger partial charge in [0.1, 0.15) is 5.78 Å². The number of hydrogen-bond acceptors (Lipinski definition) is 5. The molecule has 6 nitrogen and oxygen atoms in total. The van der Waals surface area contributed by atoms with Gasteiger partial charge in [0.2, 0.25) is 5.91 Å². The molecule has 0 bridgehead atoms. The first kappa shape index (κ1) is 24.7. The highest BCUT2D eigenvalue weighted by molar-refractivity contribution is 6.01. The van der Waals surface area contributed by atoms with Gasteiger partial charge in [-0.05, 0) is 41.7 Å². The van der Waals surface area contributed by atoms with Crippen molar-refractivity contribution in [3.8, 4) is 0 Å². The Bertz CT molecular complexity index is 1150. The summed E-state index contributed by atoms with van der Waals surface area (Å²) in [5.41, 5.74) is 3.35. The molecule has 0 radical (unpaired) electrons. The second kappa shape index (κ2) is 10.1. The Labute approximate surface area is 207 Å². The van der Waals surface area contributed by atoms with Gasteiger partial charge in [0, 0.05) is 18.5 Å². The van der Waals surface area contributed by atoms with Crippen molar-refractivity contribution in [2.45, 2.75) is 58.9 Å². The number of allylic oxidation sites excluding steroid dienone is 1. The number of fused-ring (bicyclic) bond motifs is 2. The molecule has 2 aliphatic rings. The van der Waals surface area contributed by atoms with Gasteiger partial charge in [0.15, 0.2) is 0 Å². The lowest BCUT2D eigenvalue weighted by Crippen LogP contribution is -2.43. The van der Waals surface area contributed by atoms with Gasteiger partial charge < -0.3 is 15.0 Å². The summed E-state index contributed by atoms with van der Waals surface area (Å²) in [5.74, 6) is -0.864. The molecule has 6 heteroatoms. The fraction of sp³-hybridized carbons (Fsp3) is 0.414. The molecule has 0 saturated heterocycles. The number of ketones is 1. The second-order valence-electron chi connectivity index (χ2n) is 10.1. The molecule has 2 aromatic carbocycles. The van der Waals surface area contributed by atoms with Crippen molar-refractivity contribution in [2.75, 3.05) is 17.3 Å². The quantitative estimate of drug-likeness (QED) is 0.407. The predicted molar refractivity (Wildman–Crippen MR) is 137 cm³/mol. The summed E-state index contributed by atoms with van der Waals surface area (Å²) in [6.45, 7) is 6.22. The molecule has 0 spiro atoms. The number of benzene rings is 2. The maximum absolute atomic E-state index is 13.8. The molecule has 0 aromatic heterocycles. The Morgan fingerprint density at radius 2 is 1.80 bits per heavy atom. The van der Waals surface area contributed by atoms with Crippen LogP contribution in [0.3, 0.4) is 0 Å². The van der Waals surface area contributed by atoms with E-state index in [4.69, 9.17) is 4.74 Å². The number of nitrogens with one attached hydrogen (secondary N) is 1. The number of nitrogens with zero attached hydrogens (tertiary/aromatic N) is 1. The van der Waals surface area contributed by atoms with E-state index < -0.39 is 17.9 Å². The molecule has 1 aliphatic heterocycles. The first-order valence-corrected chi connectivity index (χ1v) is 12.4. The summed E-state index contributed by atoms with van der Waals surface area (Å²) in [7, 11) is 1.35. The average Bonchev–Trinajstić information content (AvgIpc) is 2.97. The monoisotopic (exact) mass is 474 g/mol. The molecule has 0 unspecified atom stereocenters. The van der Waals surface area contributed by atoms with Crippen LogP contribution in [-0.4, -0.2) is 24.8 Å². The number of carbonyl (C=O) groups excluding carboxylic acids is 3. The molecule has 35 heavy (non-hydrogen) atoms. The molecule has 0 saturated carbocycles. The fourth-order valence-corrected chi connectivity index (χ4v) is 5.21. The zero-order chi connectivity index (χ0) is 25.2. The Morgan fingerprint density at radius 1 is 1.09 bits per heavy atom. The van der Waals surface area contributed by atoms with Crippen LogP contribution in [0.5, 0.6) is 0 Å². The van der Waals surface area contributed by atoms with Gasteiger partial charge in [0.25, 0.3) is 0 Å². The van der Waals surface area contributed by atoms with E-state index in [1.807, 2.05) is 41.3 Å². The normalized spacial score (nSPS) is 20.6. The lowest BCUT2D eigenvalue weighted by atomic mass is 9.72. The van der Waals surface area contributed by atoms with Gasteiger partial charge in [-0.2, -0.15) is 0 Å². The van der Waals surface area contributed by atoms with Crippen molar-refractivity contribution in [3.63, 3.8) is 0 Å². The standard InChI is InChI=1S/C29H34N2O4/c1-5-6-7-12-25(33)31-23-11-9-8-10-21(23)30-22-17-29(2,3)18-24(32)26(22)27(31)19-13-15-20(16-14-19)28(34)35-4/h8-11,13-17,26-27,30H,5-7,12,18H2,1-4H3/t26-,27+/m0/s1. The number of hydrogen-bond donors (Lipinski definition) is 1. The number of Topliss-reactive ketones (excluding diaryl/α,β-unsaturated/α-hetero) is 1. The third-order valence-corrected chi connectivity index (χ3v) is 6.83. The summed E-state index contributed by atoms with van der Waals surface area (Å²) >= 11 is 0. The van der Waals surface area contributed by atoms with Gasteiger partial charge in [-0.25, -0.2) is 4.79 Å². The van der Waals surface area contributed by atoms with Crippen molar-refractivity contribution in [2.24, 2.45) is 11.3 Å². The largest absolute Gasteiger partial charge is 0.465 e. The summed E-state index contributed by atoms with van der Waals surface area (Å²) in [6.07, 6.45) is 5.73.